The van der Waals surface area contributed by atoms with E-state index in [1.807, 2.05) is 0 Å². The number of unbranched alkanes of at least 4 members (excludes halogenated alkanes) is 39. The first-order valence-electron chi connectivity index (χ1n) is 37.5. The van der Waals surface area contributed by atoms with Gasteiger partial charge in [0, 0.05) is 25.7 Å². The molecule has 0 aromatic heterocycles. The van der Waals surface area contributed by atoms with Gasteiger partial charge in [-0.2, -0.15) is 0 Å². The third kappa shape index (κ3) is 64.9. The summed E-state index contributed by atoms with van der Waals surface area (Å²) >= 11 is 0. The summed E-state index contributed by atoms with van der Waals surface area (Å²) in [5.41, 5.74) is 0. The standard InChI is InChI=1S/C73H138O17P2/c1-6-10-13-16-19-22-24-25-26-30-34-37-42-47-52-57-71(76)84-63-69(90-73(78)59-54-49-44-39-35-31-28-27-29-33-36-40-45-50-55-66(5)9-4)65-88-92(81,82)86-61-67(74)60-85-91(79,80)87-64-68(62-83-70(75)56-51-46-41-21-18-15-12-8-3)89-72(77)58-53-48-43-38-32-23-20-17-14-11-7-2/h22,24-26,66-69,74H,6-21,23,27-65H2,1-5H3,(H,79,80)(H,81,82)/b24-22-,26-25-/t66?,67-,68+,69+/m0/s1. The average molecular weight is 1350 g/mol. The van der Waals surface area contributed by atoms with Crippen molar-refractivity contribution in [3.8, 4) is 0 Å². The number of phosphoric acid groups is 2. The van der Waals surface area contributed by atoms with Crippen molar-refractivity contribution in [1.29, 1.82) is 0 Å². The maximum Gasteiger partial charge on any atom is 0.472 e. The van der Waals surface area contributed by atoms with Crippen molar-refractivity contribution in [1.82, 2.24) is 0 Å². The number of aliphatic hydroxyl groups is 1. The number of hydrogen-bond donors (Lipinski definition) is 3. The molecule has 17 nitrogen and oxygen atoms in total. The Kier molecular flexibility index (Phi) is 64.0. The van der Waals surface area contributed by atoms with Crippen LogP contribution in [0.5, 0.6) is 0 Å². The minimum atomic E-state index is -4.96. The molecule has 0 aromatic rings. The summed E-state index contributed by atoms with van der Waals surface area (Å²) in [7, 11) is -9.91. The highest BCUT2D eigenvalue weighted by Gasteiger charge is 2.30. The number of allylic oxidation sites excluding steroid dienone is 4. The number of carbonyl (C=O) groups is 4. The van der Waals surface area contributed by atoms with Crippen molar-refractivity contribution in [2.75, 3.05) is 39.6 Å². The highest BCUT2D eigenvalue weighted by molar-refractivity contribution is 7.47. The molecule has 0 aliphatic heterocycles. The normalized spacial score (nSPS) is 14.5. The number of aliphatic hydroxyl groups excluding tert-OH is 1. The molecule has 0 aliphatic carbocycles. The second-order valence-electron chi connectivity index (χ2n) is 25.9. The van der Waals surface area contributed by atoms with Crippen LogP contribution >= 0.6 is 15.6 Å². The van der Waals surface area contributed by atoms with E-state index in [9.17, 15) is 43.2 Å². The average Bonchev–Trinajstić information content (AvgIpc) is 1.56. The van der Waals surface area contributed by atoms with Crippen LogP contribution in [0.15, 0.2) is 24.3 Å². The zero-order valence-corrected chi connectivity index (χ0v) is 61.0. The Morgan fingerprint density at radius 2 is 0.609 bits per heavy atom. The van der Waals surface area contributed by atoms with Gasteiger partial charge in [0.1, 0.15) is 19.3 Å². The molecule has 3 N–H and O–H groups in total. The summed E-state index contributed by atoms with van der Waals surface area (Å²) in [6.45, 7) is 7.22. The minimum absolute atomic E-state index is 0.101. The molecule has 0 aromatic carbocycles. The summed E-state index contributed by atoms with van der Waals surface area (Å²) < 4.78 is 68.3. The van der Waals surface area contributed by atoms with Crippen LogP contribution in [0.2, 0.25) is 0 Å². The predicted molar refractivity (Wildman–Crippen MR) is 372 cm³/mol. The van der Waals surface area contributed by atoms with Crippen LogP contribution in [-0.4, -0.2) is 96.7 Å². The van der Waals surface area contributed by atoms with Crippen molar-refractivity contribution in [2.24, 2.45) is 5.92 Å². The molecule has 542 valence electrons. The SMILES string of the molecule is CCCCCC/C=C\C=C/CCCCCCCC(=O)OC[C@H](COP(=O)(O)OC[C@@H](O)COP(=O)(O)OC[C@@H](COC(=O)CCCCCCCCCC)OC(=O)CCCCCCCCCCCCC)OC(=O)CCCCCCCCCCCCCCCCC(C)CC. The maximum atomic E-state index is 13.0. The molecule has 0 fully saturated rings. The molecule has 6 atom stereocenters. The van der Waals surface area contributed by atoms with Crippen LogP contribution in [0, 0.1) is 5.92 Å². The Morgan fingerprint density at radius 3 is 0.924 bits per heavy atom. The second-order valence-corrected chi connectivity index (χ2v) is 28.8. The van der Waals surface area contributed by atoms with Gasteiger partial charge < -0.3 is 33.8 Å². The van der Waals surface area contributed by atoms with Crippen molar-refractivity contribution in [3.63, 3.8) is 0 Å². The van der Waals surface area contributed by atoms with E-state index < -0.39 is 97.5 Å². The summed E-state index contributed by atoms with van der Waals surface area (Å²) in [5, 5.41) is 10.6. The number of hydrogen-bond acceptors (Lipinski definition) is 15. The number of phosphoric ester groups is 2. The van der Waals surface area contributed by atoms with Crippen molar-refractivity contribution >= 4 is 39.5 Å². The first-order chi connectivity index (χ1) is 44.6. The minimum Gasteiger partial charge on any atom is -0.462 e. The van der Waals surface area contributed by atoms with E-state index in [2.05, 4.69) is 58.9 Å². The van der Waals surface area contributed by atoms with E-state index in [0.29, 0.717) is 25.7 Å². The topological polar surface area (TPSA) is 237 Å². The largest absolute Gasteiger partial charge is 0.472 e. The molecule has 0 spiro atoms. The van der Waals surface area contributed by atoms with Crippen LogP contribution in [0.25, 0.3) is 0 Å². The van der Waals surface area contributed by atoms with E-state index in [4.69, 9.17) is 37.0 Å². The Hall–Kier alpha value is -2.46. The molecule has 0 bridgehead atoms. The molecule has 0 saturated carbocycles. The van der Waals surface area contributed by atoms with E-state index in [0.717, 1.165) is 121 Å². The van der Waals surface area contributed by atoms with Gasteiger partial charge in [-0.05, 0) is 57.3 Å². The molecule has 0 amide bonds. The lowest BCUT2D eigenvalue weighted by Gasteiger charge is -2.21. The Labute approximate surface area is 561 Å². The Bertz CT molecular complexity index is 1870. The summed E-state index contributed by atoms with van der Waals surface area (Å²) in [4.78, 5) is 72.5. The van der Waals surface area contributed by atoms with Gasteiger partial charge in [-0.1, -0.05) is 303 Å². The number of carbonyl (C=O) groups excluding carboxylic acids is 4. The van der Waals surface area contributed by atoms with Gasteiger partial charge in [0.25, 0.3) is 0 Å². The molecule has 3 unspecified atom stereocenters. The molecular formula is C73H138O17P2. The van der Waals surface area contributed by atoms with E-state index in [1.54, 1.807) is 0 Å². The van der Waals surface area contributed by atoms with Gasteiger partial charge in [-0.15, -0.1) is 0 Å². The zero-order chi connectivity index (χ0) is 67.7. The first-order valence-corrected chi connectivity index (χ1v) is 40.5. The second kappa shape index (κ2) is 65.8. The van der Waals surface area contributed by atoms with Gasteiger partial charge in [0.05, 0.1) is 26.4 Å². The number of esters is 4. The zero-order valence-electron chi connectivity index (χ0n) is 59.2. The summed E-state index contributed by atoms with van der Waals surface area (Å²) in [6.07, 6.45) is 56.2. The highest BCUT2D eigenvalue weighted by atomic mass is 31.2. The fourth-order valence-electron chi connectivity index (χ4n) is 10.6. The molecule has 92 heavy (non-hydrogen) atoms. The van der Waals surface area contributed by atoms with Crippen molar-refractivity contribution < 1.29 is 80.2 Å². The highest BCUT2D eigenvalue weighted by Crippen LogP contribution is 2.45. The maximum absolute atomic E-state index is 13.0. The van der Waals surface area contributed by atoms with Crippen LogP contribution in [-0.2, 0) is 65.4 Å². The smallest absolute Gasteiger partial charge is 0.462 e. The lowest BCUT2D eigenvalue weighted by atomic mass is 9.99. The van der Waals surface area contributed by atoms with E-state index in [-0.39, 0.29) is 25.7 Å². The monoisotopic (exact) mass is 1350 g/mol. The Morgan fingerprint density at radius 1 is 0.348 bits per heavy atom. The predicted octanol–water partition coefficient (Wildman–Crippen LogP) is 20.9. The number of ether oxygens (including phenoxy) is 4. The first kappa shape index (κ1) is 89.5. The molecular weight excluding hydrogens is 1210 g/mol. The number of rotatable bonds is 71. The van der Waals surface area contributed by atoms with Crippen molar-refractivity contribution in [2.45, 2.75) is 374 Å². The van der Waals surface area contributed by atoms with Crippen LogP contribution in [0.3, 0.4) is 0 Å². The summed E-state index contributed by atoms with van der Waals surface area (Å²) in [6, 6.07) is 0. The van der Waals surface area contributed by atoms with Gasteiger partial charge >= 0.3 is 39.5 Å². The molecule has 0 rings (SSSR count). The third-order valence-corrected chi connectivity index (χ3v) is 18.7. The van der Waals surface area contributed by atoms with Crippen LogP contribution < -0.4 is 0 Å². The van der Waals surface area contributed by atoms with Gasteiger partial charge in [0.15, 0.2) is 12.2 Å². The van der Waals surface area contributed by atoms with Crippen LogP contribution in [0.4, 0.5) is 0 Å². The molecule has 0 radical (unpaired) electrons. The van der Waals surface area contributed by atoms with Gasteiger partial charge in [0.2, 0.25) is 0 Å². The summed E-state index contributed by atoms with van der Waals surface area (Å²) in [5.74, 6) is -1.31. The third-order valence-electron chi connectivity index (χ3n) is 16.8. The van der Waals surface area contributed by atoms with Gasteiger partial charge in [-0.25, -0.2) is 9.13 Å². The molecule has 0 aliphatic rings. The lowest BCUT2D eigenvalue weighted by molar-refractivity contribution is -0.161. The van der Waals surface area contributed by atoms with E-state index >= 15 is 0 Å². The van der Waals surface area contributed by atoms with Crippen molar-refractivity contribution in [3.05, 3.63) is 24.3 Å². The van der Waals surface area contributed by atoms with Crippen LogP contribution in [0.1, 0.15) is 356 Å². The lowest BCUT2D eigenvalue weighted by Crippen LogP contribution is -2.30. The molecule has 0 heterocycles. The fraction of sp³-hybridized carbons (Fsp3) is 0.890. The quantitative estimate of drug-likeness (QED) is 0.0169. The Balaban J connectivity index is 5.25. The van der Waals surface area contributed by atoms with Gasteiger partial charge in [-0.3, -0.25) is 37.3 Å². The fourth-order valence-corrected chi connectivity index (χ4v) is 12.2. The molecule has 0 saturated heterocycles. The van der Waals surface area contributed by atoms with E-state index in [1.165, 1.54) is 154 Å². The molecule has 19 heteroatoms.